The van der Waals surface area contributed by atoms with E-state index in [0.29, 0.717) is 30.0 Å². The van der Waals surface area contributed by atoms with Crippen molar-refractivity contribution < 1.29 is 14.3 Å². The van der Waals surface area contributed by atoms with Crippen molar-refractivity contribution in [2.75, 3.05) is 26.7 Å². The molecule has 0 spiro atoms. The molecule has 2 aliphatic heterocycles. The van der Waals surface area contributed by atoms with Crippen molar-refractivity contribution in [2.24, 2.45) is 5.10 Å². The molecule has 0 aliphatic carbocycles. The lowest BCUT2D eigenvalue weighted by atomic mass is 10.0. The van der Waals surface area contributed by atoms with Gasteiger partial charge in [0.05, 0.1) is 18.7 Å². The second-order valence-electron chi connectivity index (χ2n) is 6.42. The Kier molecular flexibility index (Phi) is 6.06. The molecule has 1 saturated heterocycles. The van der Waals surface area contributed by atoms with Gasteiger partial charge in [0.15, 0.2) is 0 Å². The molecular formula is C18H25N5O3. The van der Waals surface area contributed by atoms with Gasteiger partial charge in [-0.25, -0.2) is 0 Å². The lowest BCUT2D eigenvalue weighted by Crippen LogP contribution is -2.54. The van der Waals surface area contributed by atoms with Crippen LogP contribution in [0, 0.1) is 0 Å². The van der Waals surface area contributed by atoms with E-state index in [4.69, 9.17) is 4.74 Å². The van der Waals surface area contributed by atoms with E-state index >= 15 is 0 Å². The third-order valence-corrected chi connectivity index (χ3v) is 4.64. The molecule has 8 heteroatoms. The van der Waals surface area contributed by atoms with Gasteiger partial charge in [-0.3, -0.25) is 9.59 Å². The van der Waals surface area contributed by atoms with Gasteiger partial charge in [0, 0.05) is 12.6 Å². The van der Waals surface area contributed by atoms with Crippen LogP contribution in [0.5, 0.6) is 5.75 Å². The van der Waals surface area contributed by atoms with Crippen LogP contribution in [0.15, 0.2) is 29.4 Å². The number of ether oxygens (including phenoxy) is 1. The van der Waals surface area contributed by atoms with E-state index in [1.807, 2.05) is 0 Å². The summed E-state index contributed by atoms with van der Waals surface area (Å²) in [6, 6.07) is 6.71. The highest BCUT2D eigenvalue weighted by atomic mass is 16.5. The quantitative estimate of drug-likeness (QED) is 0.593. The highest BCUT2D eigenvalue weighted by Crippen LogP contribution is 2.17. The van der Waals surface area contributed by atoms with Gasteiger partial charge in [-0.15, -0.1) is 0 Å². The fraction of sp³-hybridized carbons (Fsp3) is 0.500. The van der Waals surface area contributed by atoms with E-state index in [0.717, 1.165) is 25.9 Å². The summed E-state index contributed by atoms with van der Waals surface area (Å²) in [5.41, 5.74) is 3.61. The normalized spacial score (nSPS) is 20.5. The summed E-state index contributed by atoms with van der Waals surface area (Å²) in [7, 11) is 1.52. The predicted octanol–water partition coefficient (Wildman–Crippen LogP) is 0.0111. The van der Waals surface area contributed by atoms with Gasteiger partial charge in [-0.2, -0.15) is 5.10 Å². The number of hydrogen-bond acceptors (Lipinski definition) is 6. The zero-order valence-electron chi connectivity index (χ0n) is 14.9. The number of hydrogen-bond donors (Lipinski definition) is 4. The van der Waals surface area contributed by atoms with Gasteiger partial charge >= 0.3 is 0 Å². The number of hydrazone groups is 1. The van der Waals surface area contributed by atoms with Crippen molar-refractivity contribution in [3.8, 4) is 5.75 Å². The summed E-state index contributed by atoms with van der Waals surface area (Å²) in [5.74, 6) is -0.0114. The number of rotatable bonds is 5. The smallest absolute Gasteiger partial charge is 0.269 e. The zero-order chi connectivity index (χ0) is 18.4. The van der Waals surface area contributed by atoms with Crippen LogP contribution in [0.3, 0.4) is 0 Å². The maximum atomic E-state index is 12.6. The first-order valence-electron chi connectivity index (χ1n) is 8.95. The molecule has 1 atom stereocenters. The number of para-hydroxylation sites is 1. The Hall–Kier alpha value is -2.61. The maximum absolute atomic E-state index is 12.6. The van der Waals surface area contributed by atoms with E-state index in [1.54, 1.807) is 24.3 Å². The summed E-state index contributed by atoms with van der Waals surface area (Å²) in [6.07, 6.45) is 2.38. The Bertz CT molecular complexity index is 685. The molecular weight excluding hydrogens is 334 g/mol. The molecule has 140 valence electrons. The van der Waals surface area contributed by atoms with Crippen LogP contribution in [0.25, 0.3) is 0 Å². The Labute approximate surface area is 152 Å². The first kappa shape index (κ1) is 18.2. The van der Waals surface area contributed by atoms with Gasteiger partial charge in [-0.05, 0) is 44.5 Å². The molecule has 0 radical (unpaired) electrons. The fourth-order valence-corrected chi connectivity index (χ4v) is 3.21. The van der Waals surface area contributed by atoms with Crippen LogP contribution in [-0.2, 0) is 4.79 Å². The summed E-state index contributed by atoms with van der Waals surface area (Å²) in [5, 5.41) is 13.4. The summed E-state index contributed by atoms with van der Waals surface area (Å²) in [4.78, 5) is 25.3. The lowest BCUT2D eigenvalue weighted by Gasteiger charge is -2.27. The third-order valence-electron chi connectivity index (χ3n) is 4.64. The van der Waals surface area contributed by atoms with Crippen LogP contribution in [0.2, 0.25) is 0 Å². The number of benzene rings is 1. The molecule has 0 aromatic heterocycles. The minimum absolute atomic E-state index is 0.138. The topological polar surface area (TPSA) is 104 Å². The van der Waals surface area contributed by atoms with Crippen LogP contribution in [0.4, 0.5) is 0 Å². The first-order chi connectivity index (χ1) is 12.7. The SMILES string of the molecule is COc1ccccc1C(=O)NC1CCNN=C1C(=O)NC1CCNCC1. The molecule has 1 fully saturated rings. The summed E-state index contributed by atoms with van der Waals surface area (Å²) >= 11 is 0. The Morgan fingerprint density at radius 3 is 2.62 bits per heavy atom. The van der Waals surface area contributed by atoms with Crippen molar-refractivity contribution in [1.82, 2.24) is 21.4 Å². The fourth-order valence-electron chi connectivity index (χ4n) is 3.21. The van der Waals surface area contributed by atoms with Crippen molar-refractivity contribution in [3.63, 3.8) is 0 Å². The molecule has 2 aliphatic rings. The van der Waals surface area contributed by atoms with Gasteiger partial charge < -0.3 is 26.1 Å². The Balaban J connectivity index is 1.67. The van der Waals surface area contributed by atoms with Crippen LogP contribution >= 0.6 is 0 Å². The molecule has 2 amide bonds. The predicted molar refractivity (Wildman–Crippen MR) is 98.3 cm³/mol. The lowest BCUT2D eigenvalue weighted by molar-refractivity contribution is -0.115. The second-order valence-corrected chi connectivity index (χ2v) is 6.42. The van der Waals surface area contributed by atoms with Crippen molar-refractivity contribution in [3.05, 3.63) is 29.8 Å². The van der Waals surface area contributed by atoms with E-state index in [-0.39, 0.29) is 17.9 Å². The summed E-state index contributed by atoms with van der Waals surface area (Å²) < 4.78 is 5.24. The second kappa shape index (κ2) is 8.66. The van der Waals surface area contributed by atoms with E-state index < -0.39 is 6.04 Å². The van der Waals surface area contributed by atoms with Crippen molar-refractivity contribution in [1.29, 1.82) is 0 Å². The Morgan fingerprint density at radius 1 is 1.08 bits per heavy atom. The van der Waals surface area contributed by atoms with Gasteiger partial charge in [0.1, 0.15) is 11.5 Å². The number of nitrogens with zero attached hydrogens (tertiary/aromatic N) is 1. The number of piperidine rings is 1. The standard InChI is InChI=1S/C18H25N5O3/c1-26-15-5-3-2-4-13(15)17(24)22-14-8-11-20-23-16(14)18(25)21-12-6-9-19-10-7-12/h2-5,12,14,19-20H,6-11H2,1H3,(H,21,25)(H,22,24). The van der Waals surface area contributed by atoms with E-state index in [2.05, 4.69) is 26.5 Å². The van der Waals surface area contributed by atoms with E-state index in [1.165, 1.54) is 7.11 Å². The van der Waals surface area contributed by atoms with Crippen LogP contribution < -0.4 is 26.1 Å². The number of nitrogens with one attached hydrogen (secondary N) is 4. The van der Waals surface area contributed by atoms with Crippen molar-refractivity contribution in [2.45, 2.75) is 31.3 Å². The molecule has 3 rings (SSSR count). The summed E-state index contributed by atoms with van der Waals surface area (Å²) in [6.45, 7) is 2.38. The van der Waals surface area contributed by atoms with Crippen LogP contribution in [0.1, 0.15) is 29.6 Å². The maximum Gasteiger partial charge on any atom is 0.269 e. The molecule has 0 saturated carbocycles. The third kappa shape index (κ3) is 4.32. The van der Waals surface area contributed by atoms with E-state index in [9.17, 15) is 9.59 Å². The molecule has 4 N–H and O–H groups in total. The molecule has 26 heavy (non-hydrogen) atoms. The molecule has 8 nitrogen and oxygen atoms in total. The van der Waals surface area contributed by atoms with Gasteiger partial charge in [0.25, 0.3) is 11.8 Å². The zero-order valence-corrected chi connectivity index (χ0v) is 14.9. The average molecular weight is 359 g/mol. The monoisotopic (exact) mass is 359 g/mol. The van der Waals surface area contributed by atoms with Gasteiger partial charge in [0.2, 0.25) is 0 Å². The molecule has 1 aromatic rings. The Morgan fingerprint density at radius 2 is 1.85 bits per heavy atom. The van der Waals surface area contributed by atoms with Crippen LogP contribution in [-0.4, -0.2) is 56.4 Å². The largest absolute Gasteiger partial charge is 0.496 e. The number of carbonyl (C=O) groups excluding carboxylic acids is 2. The average Bonchev–Trinajstić information content (AvgIpc) is 2.69. The highest BCUT2D eigenvalue weighted by molar-refractivity contribution is 6.41. The van der Waals surface area contributed by atoms with Gasteiger partial charge in [-0.1, -0.05) is 12.1 Å². The van der Waals surface area contributed by atoms with Crippen molar-refractivity contribution >= 4 is 17.5 Å². The minimum Gasteiger partial charge on any atom is -0.496 e. The minimum atomic E-state index is -0.435. The number of carbonyl (C=O) groups is 2. The molecule has 1 aromatic carbocycles. The first-order valence-corrected chi connectivity index (χ1v) is 8.95. The highest BCUT2D eigenvalue weighted by Gasteiger charge is 2.29. The molecule has 0 bridgehead atoms. The number of methoxy groups -OCH3 is 1. The molecule has 1 unspecified atom stereocenters. The number of amides is 2. The molecule has 2 heterocycles.